The molecule has 150 valence electrons. The average Bonchev–Trinajstić information content (AvgIpc) is 3.27. The van der Waals surface area contributed by atoms with E-state index in [1.807, 2.05) is 26.0 Å². The topological polar surface area (TPSA) is 79.1 Å². The number of aryl methyl sites for hydroxylation is 2. The summed E-state index contributed by atoms with van der Waals surface area (Å²) in [6, 6.07) is 9.00. The molecule has 7 nitrogen and oxygen atoms in total. The van der Waals surface area contributed by atoms with Crippen LogP contribution in [0.4, 0.5) is 0 Å². The Hall–Kier alpha value is -3.13. The Balaban J connectivity index is 1.80. The summed E-state index contributed by atoms with van der Waals surface area (Å²) in [5.74, 6) is 0.336. The van der Waals surface area contributed by atoms with Crippen molar-refractivity contribution in [2.75, 3.05) is 13.4 Å². The molecule has 0 spiro atoms. The number of carbonyl (C=O) groups excluding carboxylic acids is 2. The SMILES string of the molecule is CCOC(=O)Cn1c(=NC(=O)c2ccc3c(c2)OCO3)sc2cc(C)c(C)cc21. The van der Waals surface area contributed by atoms with Gasteiger partial charge in [0, 0.05) is 5.56 Å². The molecule has 2 aromatic carbocycles. The number of esters is 1. The fraction of sp³-hybridized carbons (Fsp3) is 0.286. The van der Waals surface area contributed by atoms with Crippen molar-refractivity contribution in [3.63, 3.8) is 0 Å². The van der Waals surface area contributed by atoms with E-state index in [9.17, 15) is 9.59 Å². The lowest BCUT2D eigenvalue weighted by Crippen LogP contribution is -2.23. The van der Waals surface area contributed by atoms with E-state index in [1.165, 1.54) is 11.3 Å². The van der Waals surface area contributed by atoms with Gasteiger partial charge in [0.15, 0.2) is 16.3 Å². The van der Waals surface area contributed by atoms with Crippen LogP contribution in [-0.4, -0.2) is 29.8 Å². The predicted molar refractivity (Wildman–Crippen MR) is 108 cm³/mol. The summed E-state index contributed by atoms with van der Waals surface area (Å²) in [6.07, 6.45) is 0. The standard InChI is InChI=1S/C21H20N2O5S/c1-4-26-19(24)10-23-15-7-12(2)13(3)8-18(15)29-21(23)22-20(25)14-5-6-16-17(9-14)28-11-27-16/h5-9H,4,10-11H2,1-3H3. The first-order valence-corrected chi connectivity index (χ1v) is 10.0. The smallest absolute Gasteiger partial charge is 0.326 e. The Morgan fingerprint density at radius 1 is 1.14 bits per heavy atom. The molecule has 2 heterocycles. The molecule has 0 radical (unpaired) electrons. The van der Waals surface area contributed by atoms with Gasteiger partial charge < -0.3 is 18.8 Å². The third-order valence-electron chi connectivity index (χ3n) is 4.71. The Morgan fingerprint density at radius 3 is 2.69 bits per heavy atom. The molecule has 0 N–H and O–H groups in total. The fourth-order valence-electron chi connectivity index (χ4n) is 3.08. The lowest BCUT2D eigenvalue weighted by Gasteiger charge is -2.06. The minimum absolute atomic E-state index is 0.0103. The summed E-state index contributed by atoms with van der Waals surface area (Å²) >= 11 is 1.37. The molecular formula is C21H20N2O5S. The summed E-state index contributed by atoms with van der Waals surface area (Å²) in [5, 5.41) is 0. The van der Waals surface area contributed by atoms with Crippen LogP contribution in [0.25, 0.3) is 10.2 Å². The van der Waals surface area contributed by atoms with Gasteiger partial charge in [-0.2, -0.15) is 4.99 Å². The first-order chi connectivity index (χ1) is 14.0. The Bertz CT molecular complexity index is 1190. The van der Waals surface area contributed by atoms with Crippen molar-refractivity contribution in [1.82, 2.24) is 4.57 Å². The van der Waals surface area contributed by atoms with Crippen LogP contribution in [0, 0.1) is 13.8 Å². The second-order valence-electron chi connectivity index (χ2n) is 6.66. The van der Waals surface area contributed by atoms with E-state index in [1.54, 1.807) is 29.7 Å². The van der Waals surface area contributed by atoms with Crippen molar-refractivity contribution >= 4 is 33.4 Å². The van der Waals surface area contributed by atoms with Crippen LogP contribution in [0.1, 0.15) is 28.4 Å². The molecule has 1 amide bonds. The van der Waals surface area contributed by atoms with Crippen molar-refractivity contribution in [3.8, 4) is 11.5 Å². The number of carbonyl (C=O) groups is 2. The summed E-state index contributed by atoms with van der Waals surface area (Å²) in [6.45, 7) is 6.22. The van der Waals surface area contributed by atoms with Gasteiger partial charge in [-0.05, 0) is 62.2 Å². The van der Waals surface area contributed by atoms with Crippen LogP contribution in [0.15, 0.2) is 35.3 Å². The van der Waals surface area contributed by atoms with Gasteiger partial charge >= 0.3 is 5.97 Å². The van der Waals surface area contributed by atoms with Crippen LogP contribution in [0.3, 0.4) is 0 Å². The van der Waals surface area contributed by atoms with E-state index in [0.29, 0.717) is 28.5 Å². The van der Waals surface area contributed by atoms with Crippen molar-refractivity contribution in [1.29, 1.82) is 0 Å². The zero-order valence-corrected chi connectivity index (χ0v) is 17.2. The first kappa shape index (κ1) is 19.2. The molecule has 0 atom stereocenters. The highest BCUT2D eigenvalue weighted by Gasteiger charge is 2.17. The number of rotatable bonds is 4. The molecule has 3 aromatic rings. The Morgan fingerprint density at radius 2 is 1.90 bits per heavy atom. The Labute approximate surface area is 171 Å². The second-order valence-corrected chi connectivity index (χ2v) is 7.67. The highest BCUT2D eigenvalue weighted by atomic mass is 32.1. The molecule has 1 aliphatic rings. The number of ether oxygens (including phenoxy) is 3. The second kappa shape index (κ2) is 7.71. The van der Waals surface area contributed by atoms with Gasteiger partial charge in [-0.15, -0.1) is 0 Å². The molecule has 4 rings (SSSR count). The molecule has 1 aromatic heterocycles. The lowest BCUT2D eigenvalue weighted by atomic mass is 10.1. The van der Waals surface area contributed by atoms with Gasteiger partial charge in [-0.3, -0.25) is 9.59 Å². The Kier molecular flexibility index (Phi) is 5.10. The number of aromatic nitrogens is 1. The molecular weight excluding hydrogens is 392 g/mol. The lowest BCUT2D eigenvalue weighted by molar-refractivity contribution is -0.143. The maximum Gasteiger partial charge on any atom is 0.326 e. The van der Waals surface area contributed by atoms with Gasteiger partial charge in [-0.1, -0.05) is 11.3 Å². The quantitative estimate of drug-likeness (QED) is 0.614. The number of amides is 1. The maximum absolute atomic E-state index is 12.8. The zero-order chi connectivity index (χ0) is 20.5. The highest BCUT2D eigenvalue weighted by Crippen LogP contribution is 2.32. The normalized spacial score (nSPS) is 13.1. The molecule has 0 fully saturated rings. The van der Waals surface area contributed by atoms with Gasteiger partial charge in [0.2, 0.25) is 6.79 Å². The molecule has 0 saturated carbocycles. The van der Waals surface area contributed by atoms with Gasteiger partial charge in [-0.25, -0.2) is 0 Å². The number of hydrogen-bond acceptors (Lipinski definition) is 6. The number of fused-ring (bicyclic) bond motifs is 2. The van der Waals surface area contributed by atoms with Crippen LogP contribution in [-0.2, 0) is 16.1 Å². The van der Waals surface area contributed by atoms with Crippen molar-refractivity contribution < 1.29 is 23.8 Å². The number of thiazole rings is 1. The molecule has 29 heavy (non-hydrogen) atoms. The van der Waals surface area contributed by atoms with Gasteiger partial charge in [0.25, 0.3) is 5.91 Å². The molecule has 8 heteroatoms. The molecule has 0 saturated heterocycles. The molecule has 0 bridgehead atoms. The van der Waals surface area contributed by atoms with E-state index in [2.05, 4.69) is 4.99 Å². The third kappa shape index (κ3) is 3.75. The fourth-order valence-corrected chi connectivity index (χ4v) is 4.18. The maximum atomic E-state index is 12.8. The highest BCUT2D eigenvalue weighted by molar-refractivity contribution is 7.16. The predicted octanol–water partition coefficient (Wildman–Crippen LogP) is 3.35. The van der Waals surface area contributed by atoms with E-state index in [0.717, 1.165) is 21.3 Å². The minimum Gasteiger partial charge on any atom is -0.465 e. The summed E-state index contributed by atoms with van der Waals surface area (Å²) in [7, 11) is 0. The summed E-state index contributed by atoms with van der Waals surface area (Å²) in [4.78, 5) is 29.7. The number of benzene rings is 2. The van der Waals surface area contributed by atoms with Crippen molar-refractivity contribution in [2.45, 2.75) is 27.3 Å². The number of hydrogen-bond donors (Lipinski definition) is 0. The average molecular weight is 412 g/mol. The largest absolute Gasteiger partial charge is 0.465 e. The summed E-state index contributed by atoms with van der Waals surface area (Å²) < 4.78 is 18.4. The monoisotopic (exact) mass is 412 g/mol. The van der Waals surface area contributed by atoms with Crippen molar-refractivity contribution in [2.24, 2.45) is 4.99 Å². The third-order valence-corrected chi connectivity index (χ3v) is 5.75. The van der Waals surface area contributed by atoms with E-state index in [-0.39, 0.29) is 19.3 Å². The van der Waals surface area contributed by atoms with E-state index >= 15 is 0 Å². The van der Waals surface area contributed by atoms with Crippen LogP contribution in [0.2, 0.25) is 0 Å². The van der Waals surface area contributed by atoms with E-state index < -0.39 is 5.91 Å². The van der Waals surface area contributed by atoms with Gasteiger partial charge in [0.1, 0.15) is 6.54 Å². The van der Waals surface area contributed by atoms with Gasteiger partial charge in [0.05, 0.1) is 16.8 Å². The summed E-state index contributed by atoms with van der Waals surface area (Å²) in [5.41, 5.74) is 3.47. The minimum atomic E-state index is -0.416. The first-order valence-electron chi connectivity index (χ1n) is 9.21. The van der Waals surface area contributed by atoms with Crippen molar-refractivity contribution in [3.05, 3.63) is 51.8 Å². The molecule has 1 aliphatic heterocycles. The molecule has 0 unspecified atom stereocenters. The van der Waals surface area contributed by atoms with Crippen LogP contribution >= 0.6 is 11.3 Å². The van der Waals surface area contributed by atoms with Crippen LogP contribution in [0.5, 0.6) is 11.5 Å². The molecule has 0 aliphatic carbocycles. The van der Waals surface area contributed by atoms with Crippen LogP contribution < -0.4 is 14.3 Å². The van der Waals surface area contributed by atoms with E-state index in [4.69, 9.17) is 14.2 Å². The number of nitrogens with zero attached hydrogens (tertiary/aromatic N) is 2. The zero-order valence-electron chi connectivity index (χ0n) is 16.4.